The van der Waals surface area contributed by atoms with E-state index in [1.807, 2.05) is 0 Å². The second kappa shape index (κ2) is 11.2. The fourth-order valence-corrected chi connectivity index (χ4v) is 1.65. The van der Waals surface area contributed by atoms with Gasteiger partial charge >= 0.3 is 0 Å². The number of unbranched alkanes of at least 4 members (excludes halogenated alkanes) is 7. The summed E-state index contributed by atoms with van der Waals surface area (Å²) in [6.45, 7) is 3.21. The summed E-state index contributed by atoms with van der Waals surface area (Å²) in [5.41, 5.74) is 0. The average Bonchev–Trinajstić information content (AvgIpc) is 2.15. The van der Waals surface area contributed by atoms with Gasteiger partial charge in [0, 0.05) is 6.54 Å². The molecule has 0 aliphatic rings. The first kappa shape index (κ1) is 14.1. The Labute approximate surface area is 99.5 Å². The maximum atomic E-state index is 4.75. The van der Waals surface area contributed by atoms with Crippen LogP contribution in [-0.2, 0) is 12.6 Å². The van der Waals surface area contributed by atoms with Gasteiger partial charge in [-0.15, -0.1) is 0 Å². The van der Waals surface area contributed by atoms with Gasteiger partial charge in [0.2, 0.25) is 0 Å². The molecule has 0 aromatic carbocycles. The molecule has 1 nitrogen and oxygen atoms in total. The highest BCUT2D eigenvalue weighted by atomic mass is 32.1. The Bertz CT molecular complexity index is 137. The van der Waals surface area contributed by atoms with Crippen molar-refractivity contribution in [3.8, 4) is 0 Å². The van der Waals surface area contributed by atoms with Crippen LogP contribution in [0.5, 0.6) is 0 Å². The SMILES string of the molecule is CCCCCCCCCCNC(=S)[S-]. The van der Waals surface area contributed by atoms with E-state index < -0.39 is 0 Å². The van der Waals surface area contributed by atoms with Crippen LogP contribution in [0.1, 0.15) is 58.3 Å². The summed E-state index contributed by atoms with van der Waals surface area (Å²) in [5.74, 6) is 0. The molecule has 1 N–H and O–H groups in total. The number of hydrogen-bond donors (Lipinski definition) is 1. The molecule has 0 spiro atoms. The predicted molar refractivity (Wildman–Crippen MR) is 70.6 cm³/mol. The Kier molecular flexibility index (Phi) is 11.3. The van der Waals surface area contributed by atoms with Gasteiger partial charge in [-0.3, -0.25) is 0 Å². The smallest absolute Gasteiger partial charge is 0.0132 e. The second-order valence-corrected chi connectivity index (χ2v) is 4.76. The minimum atomic E-state index is 0.507. The third-order valence-electron chi connectivity index (χ3n) is 2.30. The van der Waals surface area contributed by atoms with Crippen LogP contribution in [0, 0.1) is 0 Å². The lowest BCUT2D eigenvalue weighted by Crippen LogP contribution is -2.19. The lowest BCUT2D eigenvalue weighted by atomic mass is 10.1. The third-order valence-corrected chi connectivity index (χ3v) is 2.59. The first-order chi connectivity index (χ1) is 6.77. The van der Waals surface area contributed by atoms with Gasteiger partial charge in [0.25, 0.3) is 0 Å². The molecule has 3 heteroatoms. The maximum absolute atomic E-state index is 4.75. The highest BCUT2D eigenvalue weighted by molar-refractivity contribution is 8.00. The quantitative estimate of drug-likeness (QED) is 0.371. The van der Waals surface area contributed by atoms with E-state index in [9.17, 15) is 0 Å². The molecule has 0 radical (unpaired) electrons. The van der Waals surface area contributed by atoms with Gasteiger partial charge in [-0.2, -0.15) is 0 Å². The van der Waals surface area contributed by atoms with Gasteiger partial charge in [-0.05, 0) is 6.42 Å². The summed E-state index contributed by atoms with van der Waals surface area (Å²) in [4.78, 5) is 0. The summed E-state index contributed by atoms with van der Waals surface area (Å²) in [5, 5.41) is 3.00. The Balaban J connectivity index is 2.88. The van der Waals surface area contributed by atoms with E-state index in [4.69, 9.17) is 24.8 Å². The minimum Gasteiger partial charge on any atom is -0.412 e. The van der Waals surface area contributed by atoms with Crippen molar-refractivity contribution in [3.05, 3.63) is 0 Å². The van der Waals surface area contributed by atoms with Gasteiger partial charge in [-0.25, -0.2) is 0 Å². The molecule has 0 atom stereocenters. The summed E-state index contributed by atoms with van der Waals surface area (Å²) in [7, 11) is 0. The molecule has 0 aliphatic carbocycles. The Morgan fingerprint density at radius 2 is 1.50 bits per heavy atom. The van der Waals surface area contributed by atoms with E-state index in [0.29, 0.717) is 4.32 Å². The van der Waals surface area contributed by atoms with Crippen molar-refractivity contribution in [2.45, 2.75) is 58.3 Å². The number of nitrogens with one attached hydrogen (secondary N) is 1. The molecule has 0 heterocycles. The summed E-state index contributed by atoms with van der Waals surface area (Å²) >= 11 is 9.50. The van der Waals surface area contributed by atoms with Gasteiger partial charge in [0.15, 0.2) is 0 Å². The second-order valence-electron chi connectivity index (χ2n) is 3.69. The molecule has 0 bridgehead atoms. The lowest BCUT2D eigenvalue weighted by molar-refractivity contribution is 0.573. The molecule has 0 aromatic rings. The Morgan fingerprint density at radius 3 is 2.00 bits per heavy atom. The fourth-order valence-electron chi connectivity index (χ4n) is 1.45. The van der Waals surface area contributed by atoms with E-state index in [0.717, 1.165) is 6.54 Å². The van der Waals surface area contributed by atoms with Gasteiger partial charge < -0.3 is 30.2 Å². The highest BCUT2D eigenvalue weighted by Gasteiger charge is 1.90. The van der Waals surface area contributed by atoms with Gasteiger partial charge in [-0.1, -0.05) is 56.2 Å². The number of hydrogen-bond acceptors (Lipinski definition) is 2. The van der Waals surface area contributed by atoms with Crippen LogP contribution in [0.2, 0.25) is 0 Å². The molecular formula is C11H22NS2-. The molecule has 0 saturated heterocycles. The molecule has 0 fully saturated rings. The molecule has 0 aliphatic heterocycles. The summed E-state index contributed by atoms with van der Waals surface area (Å²) < 4.78 is 0.507. The zero-order chi connectivity index (χ0) is 10.6. The fraction of sp³-hybridized carbons (Fsp3) is 0.909. The van der Waals surface area contributed by atoms with E-state index in [1.54, 1.807) is 0 Å². The van der Waals surface area contributed by atoms with Crippen molar-refractivity contribution in [1.29, 1.82) is 0 Å². The topological polar surface area (TPSA) is 12.0 Å². The van der Waals surface area contributed by atoms with Crippen molar-refractivity contribution < 1.29 is 0 Å². The molecule has 0 rings (SSSR count). The minimum absolute atomic E-state index is 0.507. The zero-order valence-corrected chi connectivity index (χ0v) is 10.8. The largest absolute Gasteiger partial charge is 0.412 e. The van der Waals surface area contributed by atoms with E-state index in [1.165, 1.54) is 51.4 Å². The van der Waals surface area contributed by atoms with Crippen molar-refractivity contribution >= 4 is 29.2 Å². The van der Waals surface area contributed by atoms with Crippen LogP contribution in [0.3, 0.4) is 0 Å². The average molecular weight is 232 g/mol. The van der Waals surface area contributed by atoms with Crippen molar-refractivity contribution in [2.75, 3.05) is 6.54 Å². The maximum Gasteiger partial charge on any atom is 0.0132 e. The first-order valence-electron chi connectivity index (χ1n) is 5.72. The van der Waals surface area contributed by atoms with Gasteiger partial charge in [0.1, 0.15) is 0 Å². The number of rotatable bonds is 9. The van der Waals surface area contributed by atoms with E-state index >= 15 is 0 Å². The summed E-state index contributed by atoms with van der Waals surface area (Å²) in [6.07, 6.45) is 10.8. The highest BCUT2D eigenvalue weighted by Crippen LogP contribution is 2.07. The van der Waals surface area contributed by atoms with Crippen LogP contribution < -0.4 is 5.32 Å². The third kappa shape index (κ3) is 12.1. The van der Waals surface area contributed by atoms with Crippen LogP contribution in [-0.4, -0.2) is 10.9 Å². The molecule has 0 unspecified atom stereocenters. The first-order valence-corrected chi connectivity index (χ1v) is 6.54. The van der Waals surface area contributed by atoms with Crippen LogP contribution in [0.15, 0.2) is 0 Å². The predicted octanol–water partition coefficient (Wildman–Crippen LogP) is 3.55. The molecular weight excluding hydrogens is 210 g/mol. The molecule has 0 aromatic heterocycles. The lowest BCUT2D eigenvalue weighted by Gasteiger charge is -2.08. The monoisotopic (exact) mass is 232 g/mol. The van der Waals surface area contributed by atoms with Crippen LogP contribution in [0.25, 0.3) is 0 Å². The van der Waals surface area contributed by atoms with E-state index in [-0.39, 0.29) is 0 Å². The Morgan fingerprint density at radius 1 is 1.00 bits per heavy atom. The van der Waals surface area contributed by atoms with Crippen molar-refractivity contribution in [3.63, 3.8) is 0 Å². The zero-order valence-electron chi connectivity index (χ0n) is 9.18. The van der Waals surface area contributed by atoms with Crippen molar-refractivity contribution in [1.82, 2.24) is 5.32 Å². The van der Waals surface area contributed by atoms with Gasteiger partial charge in [0.05, 0.1) is 0 Å². The normalized spacial score (nSPS) is 10.1. The molecule has 84 valence electrons. The molecule has 14 heavy (non-hydrogen) atoms. The standard InChI is InChI=1S/C11H23NS2/c1-2-3-4-5-6-7-8-9-10-12-11(13)14/h2-10H2,1H3,(H2,12,13,14)/p-1. The number of thiocarbonyl (C=S) groups is 1. The Hall–Kier alpha value is 0.110. The molecule has 0 saturated carbocycles. The van der Waals surface area contributed by atoms with Crippen LogP contribution in [0.4, 0.5) is 0 Å². The van der Waals surface area contributed by atoms with Crippen LogP contribution >= 0.6 is 12.2 Å². The molecule has 0 amide bonds. The summed E-state index contributed by atoms with van der Waals surface area (Å²) in [6, 6.07) is 0. The van der Waals surface area contributed by atoms with E-state index in [2.05, 4.69) is 12.2 Å². The van der Waals surface area contributed by atoms with Crippen molar-refractivity contribution in [2.24, 2.45) is 0 Å².